The highest BCUT2D eigenvalue weighted by Gasteiger charge is 2.13. The van der Waals surface area contributed by atoms with Crippen molar-refractivity contribution >= 4 is 27.6 Å². The maximum absolute atomic E-state index is 12.8. The Kier molecular flexibility index (Phi) is 4.30. The second-order valence-electron chi connectivity index (χ2n) is 6.12. The van der Waals surface area contributed by atoms with Gasteiger partial charge in [0, 0.05) is 12.3 Å². The van der Waals surface area contributed by atoms with Gasteiger partial charge in [-0.15, -0.1) is 0 Å². The molecule has 0 saturated carbocycles. The van der Waals surface area contributed by atoms with E-state index in [0.29, 0.717) is 22.5 Å². The number of carbonyl (C=O) groups excluding carboxylic acids is 1. The Morgan fingerprint density at radius 2 is 1.70 bits per heavy atom. The van der Waals surface area contributed by atoms with Crippen LogP contribution in [-0.2, 0) is 11.4 Å². The minimum absolute atomic E-state index is 0.0361. The summed E-state index contributed by atoms with van der Waals surface area (Å²) < 4.78 is 7.11. The number of para-hydroxylation sites is 1. The SMILES string of the molecule is CC(=O)Nn1c(COc2cccc3ccccc23)nc2ccccc2c1=O. The summed E-state index contributed by atoms with van der Waals surface area (Å²) in [5.74, 6) is 0.646. The maximum atomic E-state index is 12.8. The number of hydrogen-bond donors (Lipinski definition) is 1. The summed E-state index contributed by atoms with van der Waals surface area (Å²) in [5, 5.41) is 2.45. The molecule has 4 rings (SSSR count). The number of carbonyl (C=O) groups is 1. The minimum atomic E-state index is -0.361. The number of fused-ring (bicyclic) bond motifs is 2. The van der Waals surface area contributed by atoms with Gasteiger partial charge in [-0.3, -0.25) is 15.0 Å². The van der Waals surface area contributed by atoms with Crippen LogP contribution in [0.25, 0.3) is 21.7 Å². The highest BCUT2D eigenvalue weighted by Crippen LogP contribution is 2.25. The minimum Gasteiger partial charge on any atom is -0.485 e. The van der Waals surface area contributed by atoms with Gasteiger partial charge in [-0.1, -0.05) is 48.5 Å². The monoisotopic (exact) mass is 359 g/mol. The molecule has 0 unspecified atom stereocenters. The normalized spacial score (nSPS) is 10.9. The van der Waals surface area contributed by atoms with E-state index in [2.05, 4.69) is 10.4 Å². The molecular weight excluding hydrogens is 342 g/mol. The number of nitrogens with one attached hydrogen (secondary N) is 1. The van der Waals surface area contributed by atoms with Crippen LogP contribution in [0.15, 0.2) is 71.5 Å². The third-order valence-corrected chi connectivity index (χ3v) is 4.22. The maximum Gasteiger partial charge on any atom is 0.280 e. The van der Waals surface area contributed by atoms with Crippen molar-refractivity contribution in [2.75, 3.05) is 5.43 Å². The van der Waals surface area contributed by atoms with Crippen molar-refractivity contribution in [3.63, 3.8) is 0 Å². The predicted molar refractivity (Wildman–Crippen MR) is 104 cm³/mol. The summed E-state index contributed by atoms with van der Waals surface area (Å²) in [6.45, 7) is 1.38. The fraction of sp³-hybridized carbons (Fsp3) is 0.0952. The van der Waals surface area contributed by atoms with Crippen LogP contribution in [0.3, 0.4) is 0 Å². The van der Waals surface area contributed by atoms with Gasteiger partial charge in [-0.05, 0) is 23.6 Å². The molecule has 6 heteroatoms. The molecule has 0 spiro atoms. The first-order chi connectivity index (χ1) is 13.1. The highest BCUT2D eigenvalue weighted by molar-refractivity contribution is 5.88. The van der Waals surface area contributed by atoms with Gasteiger partial charge in [0.1, 0.15) is 12.4 Å². The Bertz CT molecular complexity index is 1210. The van der Waals surface area contributed by atoms with Crippen molar-refractivity contribution < 1.29 is 9.53 Å². The number of ether oxygens (including phenoxy) is 1. The van der Waals surface area contributed by atoms with Gasteiger partial charge < -0.3 is 4.74 Å². The lowest BCUT2D eigenvalue weighted by Gasteiger charge is -2.15. The first-order valence-electron chi connectivity index (χ1n) is 8.52. The second kappa shape index (κ2) is 6.92. The van der Waals surface area contributed by atoms with Gasteiger partial charge in [-0.2, -0.15) is 4.68 Å². The Morgan fingerprint density at radius 3 is 2.52 bits per heavy atom. The standard InChI is InChI=1S/C21H17N3O3/c1-14(25)23-24-20(22-18-11-5-4-10-17(18)21(24)26)13-27-19-12-6-8-15-7-2-3-9-16(15)19/h2-12H,13H2,1H3,(H,23,25). The molecule has 0 saturated heterocycles. The summed E-state index contributed by atoms with van der Waals surface area (Å²) >= 11 is 0. The molecule has 1 N–H and O–H groups in total. The quantitative estimate of drug-likeness (QED) is 0.607. The number of nitrogens with zero attached hydrogens (tertiary/aromatic N) is 2. The van der Waals surface area contributed by atoms with Crippen LogP contribution in [0.1, 0.15) is 12.7 Å². The number of rotatable bonds is 4. The summed E-state index contributed by atoms with van der Waals surface area (Å²) in [6, 6.07) is 20.7. The predicted octanol–water partition coefficient (Wildman–Crippen LogP) is 3.22. The number of amides is 1. The smallest absolute Gasteiger partial charge is 0.280 e. The Morgan fingerprint density at radius 1 is 1.00 bits per heavy atom. The molecular formula is C21H17N3O3. The van der Waals surface area contributed by atoms with Gasteiger partial charge in [0.25, 0.3) is 5.56 Å². The van der Waals surface area contributed by atoms with Crippen LogP contribution in [0.2, 0.25) is 0 Å². The Hall–Kier alpha value is -3.67. The third-order valence-electron chi connectivity index (χ3n) is 4.22. The molecule has 0 aliphatic carbocycles. The van der Waals surface area contributed by atoms with Crippen LogP contribution < -0.4 is 15.7 Å². The molecule has 134 valence electrons. The molecule has 1 amide bonds. The number of aromatic nitrogens is 2. The summed E-state index contributed by atoms with van der Waals surface area (Å²) in [6.07, 6.45) is 0. The molecule has 3 aromatic carbocycles. The third kappa shape index (κ3) is 3.25. The molecule has 0 aliphatic heterocycles. The fourth-order valence-electron chi connectivity index (χ4n) is 3.01. The van der Waals surface area contributed by atoms with Crippen LogP contribution in [0.4, 0.5) is 0 Å². The van der Waals surface area contributed by atoms with E-state index in [1.54, 1.807) is 18.2 Å². The lowest BCUT2D eigenvalue weighted by molar-refractivity contribution is -0.115. The lowest BCUT2D eigenvalue weighted by Crippen LogP contribution is -2.35. The number of hydrogen-bond acceptors (Lipinski definition) is 4. The van der Waals surface area contributed by atoms with Crippen LogP contribution in [-0.4, -0.2) is 15.6 Å². The van der Waals surface area contributed by atoms with E-state index in [1.807, 2.05) is 48.5 Å². The zero-order valence-electron chi connectivity index (χ0n) is 14.7. The van der Waals surface area contributed by atoms with Crippen molar-refractivity contribution in [2.24, 2.45) is 0 Å². The molecule has 1 heterocycles. The zero-order valence-corrected chi connectivity index (χ0v) is 14.7. The van der Waals surface area contributed by atoms with Gasteiger partial charge in [0.15, 0.2) is 5.82 Å². The molecule has 27 heavy (non-hydrogen) atoms. The van der Waals surface area contributed by atoms with Gasteiger partial charge in [0.2, 0.25) is 5.91 Å². The van der Waals surface area contributed by atoms with Crippen molar-refractivity contribution in [2.45, 2.75) is 13.5 Å². The second-order valence-corrected chi connectivity index (χ2v) is 6.12. The van der Waals surface area contributed by atoms with Gasteiger partial charge >= 0.3 is 0 Å². The number of benzene rings is 3. The molecule has 0 aliphatic rings. The molecule has 0 radical (unpaired) electrons. The van der Waals surface area contributed by atoms with Crippen molar-refractivity contribution in [3.8, 4) is 5.75 Å². The van der Waals surface area contributed by atoms with E-state index < -0.39 is 0 Å². The van der Waals surface area contributed by atoms with Gasteiger partial charge in [0.05, 0.1) is 10.9 Å². The molecule has 0 atom stereocenters. The van der Waals surface area contributed by atoms with E-state index in [4.69, 9.17) is 4.74 Å². The lowest BCUT2D eigenvalue weighted by atomic mass is 10.1. The van der Waals surface area contributed by atoms with Crippen molar-refractivity contribution in [1.29, 1.82) is 0 Å². The molecule has 0 fully saturated rings. The first-order valence-corrected chi connectivity index (χ1v) is 8.52. The van der Waals surface area contributed by atoms with Gasteiger partial charge in [-0.25, -0.2) is 4.98 Å². The molecule has 0 bridgehead atoms. The summed E-state index contributed by atoms with van der Waals surface area (Å²) in [7, 11) is 0. The van der Waals surface area contributed by atoms with E-state index in [1.165, 1.54) is 6.92 Å². The zero-order chi connectivity index (χ0) is 18.8. The Labute approximate surface area is 155 Å². The Balaban J connectivity index is 1.76. The fourth-order valence-corrected chi connectivity index (χ4v) is 3.01. The summed E-state index contributed by atoms with van der Waals surface area (Å²) in [5.41, 5.74) is 2.75. The van der Waals surface area contributed by atoms with Crippen molar-refractivity contribution in [3.05, 3.63) is 82.9 Å². The molecule has 4 aromatic rings. The van der Waals surface area contributed by atoms with Crippen molar-refractivity contribution in [1.82, 2.24) is 9.66 Å². The molecule has 1 aromatic heterocycles. The van der Waals surface area contributed by atoms with E-state index in [0.717, 1.165) is 15.4 Å². The largest absolute Gasteiger partial charge is 0.485 e. The molecule has 6 nitrogen and oxygen atoms in total. The average Bonchev–Trinajstić information content (AvgIpc) is 2.68. The average molecular weight is 359 g/mol. The van der Waals surface area contributed by atoms with Crippen LogP contribution >= 0.6 is 0 Å². The van der Waals surface area contributed by atoms with E-state index in [9.17, 15) is 9.59 Å². The van der Waals surface area contributed by atoms with Crippen LogP contribution in [0.5, 0.6) is 5.75 Å². The topological polar surface area (TPSA) is 73.2 Å². The van der Waals surface area contributed by atoms with E-state index in [-0.39, 0.29) is 18.1 Å². The van der Waals surface area contributed by atoms with E-state index >= 15 is 0 Å². The highest BCUT2D eigenvalue weighted by atomic mass is 16.5. The first kappa shape index (κ1) is 16.8. The summed E-state index contributed by atoms with van der Waals surface area (Å²) in [4.78, 5) is 28.8. The van der Waals surface area contributed by atoms with Crippen LogP contribution in [0, 0.1) is 0 Å².